The van der Waals surface area contributed by atoms with Crippen LogP contribution in [0, 0.1) is 0 Å². The van der Waals surface area contributed by atoms with Gasteiger partial charge in [0.2, 0.25) is 0 Å². The van der Waals surface area contributed by atoms with Crippen LogP contribution in [0.25, 0.3) is 0 Å². The summed E-state index contributed by atoms with van der Waals surface area (Å²) < 4.78 is 16.3. The molecule has 6 nitrogen and oxygen atoms in total. The van der Waals surface area contributed by atoms with E-state index in [0.29, 0.717) is 19.8 Å². The third-order valence-corrected chi connectivity index (χ3v) is 2.17. The molecule has 0 radical (unpaired) electrons. The van der Waals surface area contributed by atoms with Gasteiger partial charge in [0.05, 0.1) is 19.8 Å². The number of ether oxygens (including phenoxy) is 3. The molecule has 0 N–H and O–H groups in total. The standard InChI is InChI=1S/C13H23N3O3/c1-4-7-10-19-13-15-11(17-8-5-2)14-12(16-13)18-9-6-3/h4-10H2,1-3H3. The van der Waals surface area contributed by atoms with Crippen LogP contribution in [0.3, 0.4) is 0 Å². The Morgan fingerprint density at radius 2 is 1.05 bits per heavy atom. The van der Waals surface area contributed by atoms with Gasteiger partial charge in [-0.15, -0.1) is 15.0 Å². The first-order valence-electron chi connectivity index (χ1n) is 6.94. The van der Waals surface area contributed by atoms with Gasteiger partial charge in [0.25, 0.3) is 0 Å². The summed E-state index contributed by atoms with van der Waals surface area (Å²) in [7, 11) is 0. The highest BCUT2D eigenvalue weighted by Crippen LogP contribution is 2.15. The molecule has 1 heterocycles. The Labute approximate surface area is 114 Å². The van der Waals surface area contributed by atoms with Crippen molar-refractivity contribution in [3.63, 3.8) is 0 Å². The fourth-order valence-corrected chi connectivity index (χ4v) is 1.21. The Morgan fingerprint density at radius 3 is 1.42 bits per heavy atom. The van der Waals surface area contributed by atoms with E-state index in [9.17, 15) is 0 Å². The molecule has 6 heteroatoms. The molecule has 108 valence electrons. The highest BCUT2D eigenvalue weighted by molar-refractivity contribution is 5.08. The highest BCUT2D eigenvalue weighted by Gasteiger charge is 2.09. The minimum atomic E-state index is 0.259. The van der Waals surface area contributed by atoms with Crippen LogP contribution >= 0.6 is 0 Å². The summed E-state index contributed by atoms with van der Waals surface area (Å²) in [4.78, 5) is 12.3. The van der Waals surface area contributed by atoms with Gasteiger partial charge in [-0.2, -0.15) is 0 Å². The van der Waals surface area contributed by atoms with Crippen LogP contribution < -0.4 is 14.2 Å². The molecule has 0 atom stereocenters. The topological polar surface area (TPSA) is 66.4 Å². The van der Waals surface area contributed by atoms with E-state index in [1.54, 1.807) is 0 Å². The second-order valence-corrected chi connectivity index (χ2v) is 4.08. The summed E-state index contributed by atoms with van der Waals surface area (Å²) in [6, 6.07) is 0.782. The number of aromatic nitrogens is 3. The van der Waals surface area contributed by atoms with E-state index >= 15 is 0 Å². The number of nitrogens with zero attached hydrogens (tertiary/aromatic N) is 3. The molecule has 0 spiro atoms. The fraction of sp³-hybridized carbons (Fsp3) is 0.769. The molecule has 19 heavy (non-hydrogen) atoms. The molecule has 1 aromatic heterocycles. The fourth-order valence-electron chi connectivity index (χ4n) is 1.21. The van der Waals surface area contributed by atoms with Gasteiger partial charge in [0.1, 0.15) is 0 Å². The maximum Gasteiger partial charge on any atom is 0.325 e. The van der Waals surface area contributed by atoms with Gasteiger partial charge in [0.15, 0.2) is 0 Å². The van der Waals surface area contributed by atoms with Crippen molar-refractivity contribution in [2.75, 3.05) is 19.8 Å². The van der Waals surface area contributed by atoms with E-state index in [1.165, 1.54) is 0 Å². The number of rotatable bonds is 10. The third-order valence-electron chi connectivity index (χ3n) is 2.17. The molecule has 0 aliphatic carbocycles. The van der Waals surface area contributed by atoms with E-state index in [2.05, 4.69) is 21.9 Å². The molecular formula is C13H23N3O3. The lowest BCUT2D eigenvalue weighted by atomic mass is 10.4. The van der Waals surface area contributed by atoms with Crippen LogP contribution in [0.5, 0.6) is 18.0 Å². The molecule has 1 rings (SSSR count). The summed E-state index contributed by atoms with van der Waals surface area (Å²) in [5.74, 6) is 0. The van der Waals surface area contributed by atoms with E-state index < -0.39 is 0 Å². The van der Waals surface area contributed by atoms with Crippen molar-refractivity contribution in [2.24, 2.45) is 0 Å². The zero-order chi connectivity index (χ0) is 13.9. The normalized spacial score (nSPS) is 10.3. The monoisotopic (exact) mass is 269 g/mol. The molecule has 1 aromatic rings. The summed E-state index contributed by atoms with van der Waals surface area (Å²) in [5, 5.41) is 0. The van der Waals surface area contributed by atoms with Crippen LogP contribution in [0.4, 0.5) is 0 Å². The Hall–Kier alpha value is -1.59. The van der Waals surface area contributed by atoms with Crippen molar-refractivity contribution in [1.82, 2.24) is 15.0 Å². The Balaban J connectivity index is 2.70. The Bertz CT molecular complexity index is 335. The van der Waals surface area contributed by atoms with Gasteiger partial charge in [-0.25, -0.2) is 0 Å². The number of hydrogen-bond acceptors (Lipinski definition) is 6. The number of unbranched alkanes of at least 4 members (excludes halogenated alkanes) is 1. The van der Waals surface area contributed by atoms with Gasteiger partial charge in [-0.3, -0.25) is 0 Å². The molecule has 0 amide bonds. The van der Waals surface area contributed by atoms with E-state index in [1.807, 2.05) is 13.8 Å². The van der Waals surface area contributed by atoms with Gasteiger partial charge in [-0.1, -0.05) is 27.2 Å². The van der Waals surface area contributed by atoms with Crippen LogP contribution in [0.15, 0.2) is 0 Å². The predicted molar refractivity (Wildman–Crippen MR) is 71.8 cm³/mol. The maximum absolute atomic E-state index is 5.47. The SMILES string of the molecule is CCCCOc1nc(OCCC)nc(OCCC)n1. The van der Waals surface area contributed by atoms with Crippen molar-refractivity contribution < 1.29 is 14.2 Å². The predicted octanol–water partition coefficient (Wildman–Crippen LogP) is 2.63. The molecule has 0 aromatic carbocycles. The van der Waals surface area contributed by atoms with Crippen LogP contribution in [-0.2, 0) is 0 Å². The van der Waals surface area contributed by atoms with Crippen LogP contribution in [-0.4, -0.2) is 34.8 Å². The first kappa shape index (κ1) is 15.5. The third kappa shape index (κ3) is 6.22. The first-order chi connectivity index (χ1) is 9.30. The Kier molecular flexibility index (Phi) is 7.62. The minimum Gasteiger partial charge on any atom is -0.463 e. The van der Waals surface area contributed by atoms with E-state index in [0.717, 1.165) is 25.7 Å². The quantitative estimate of drug-likeness (QED) is 0.608. The van der Waals surface area contributed by atoms with Gasteiger partial charge in [0, 0.05) is 0 Å². The minimum absolute atomic E-state index is 0.259. The summed E-state index contributed by atoms with van der Waals surface area (Å²) in [6.07, 6.45) is 3.80. The lowest BCUT2D eigenvalue weighted by Gasteiger charge is -2.08. The molecule has 0 aliphatic rings. The average Bonchev–Trinajstić information content (AvgIpc) is 2.43. The molecule has 0 unspecified atom stereocenters. The second-order valence-electron chi connectivity index (χ2n) is 4.08. The van der Waals surface area contributed by atoms with Gasteiger partial charge in [-0.05, 0) is 19.3 Å². The molecule has 0 saturated carbocycles. The summed E-state index contributed by atoms with van der Waals surface area (Å²) in [6.45, 7) is 7.85. The summed E-state index contributed by atoms with van der Waals surface area (Å²) in [5.41, 5.74) is 0. The van der Waals surface area contributed by atoms with Crippen LogP contribution in [0.2, 0.25) is 0 Å². The van der Waals surface area contributed by atoms with Crippen molar-refractivity contribution in [2.45, 2.75) is 46.5 Å². The maximum atomic E-state index is 5.47. The molecular weight excluding hydrogens is 246 g/mol. The lowest BCUT2D eigenvalue weighted by Crippen LogP contribution is -2.08. The van der Waals surface area contributed by atoms with Crippen molar-refractivity contribution >= 4 is 0 Å². The van der Waals surface area contributed by atoms with Gasteiger partial charge < -0.3 is 14.2 Å². The number of hydrogen-bond donors (Lipinski definition) is 0. The molecule has 0 bridgehead atoms. The smallest absolute Gasteiger partial charge is 0.325 e. The molecule has 0 aliphatic heterocycles. The molecule has 0 fully saturated rings. The first-order valence-corrected chi connectivity index (χ1v) is 6.94. The van der Waals surface area contributed by atoms with Crippen molar-refractivity contribution in [3.05, 3.63) is 0 Å². The zero-order valence-electron chi connectivity index (χ0n) is 12.0. The van der Waals surface area contributed by atoms with E-state index in [-0.39, 0.29) is 18.0 Å². The Morgan fingerprint density at radius 1 is 0.632 bits per heavy atom. The van der Waals surface area contributed by atoms with Crippen LogP contribution in [0.1, 0.15) is 46.5 Å². The zero-order valence-corrected chi connectivity index (χ0v) is 12.0. The largest absolute Gasteiger partial charge is 0.463 e. The average molecular weight is 269 g/mol. The summed E-state index contributed by atoms with van der Waals surface area (Å²) >= 11 is 0. The second kappa shape index (κ2) is 9.35. The van der Waals surface area contributed by atoms with Crippen molar-refractivity contribution in [1.29, 1.82) is 0 Å². The van der Waals surface area contributed by atoms with Crippen molar-refractivity contribution in [3.8, 4) is 18.0 Å². The highest BCUT2D eigenvalue weighted by atomic mass is 16.5. The van der Waals surface area contributed by atoms with Gasteiger partial charge >= 0.3 is 18.0 Å². The lowest BCUT2D eigenvalue weighted by molar-refractivity contribution is 0.233. The van der Waals surface area contributed by atoms with E-state index in [4.69, 9.17) is 14.2 Å². The molecule has 0 saturated heterocycles.